The summed E-state index contributed by atoms with van der Waals surface area (Å²) in [5, 5.41) is 0. The second kappa shape index (κ2) is 4.82. The minimum absolute atomic E-state index is 0.124. The average Bonchev–Trinajstić information content (AvgIpc) is 2.13. The van der Waals surface area contributed by atoms with Crippen molar-refractivity contribution in [1.29, 1.82) is 0 Å². The Morgan fingerprint density at radius 3 is 1.89 bits per heavy atom. The number of ether oxygens (including phenoxy) is 1. The van der Waals surface area contributed by atoms with Gasteiger partial charge in [-0.1, -0.05) is 12.1 Å². The van der Waals surface area contributed by atoms with Crippen LogP contribution >= 0.6 is 0 Å². The molecule has 0 saturated carbocycles. The molecular weight excluding hydrogens is 234 g/mol. The highest BCUT2D eigenvalue weighted by Gasteiger charge is 2.34. The smallest absolute Gasteiger partial charge is 0.120 e. The van der Waals surface area contributed by atoms with Crippen LogP contribution in [0, 0.1) is 0 Å². The maximum Gasteiger partial charge on any atom is 0.120 e. The number of hydrogen-bond donors (Lipinski definition) is 0. The molecule has 0 radical (unpaired) electrons. The Labute approximate surface area is 117 Å². The number of rotatable bonds is 2. The highest BCUT2D eigenvalue weighted by atomic mass is 16.5. The molecule has 1 heterocycles. The maximum absolute atomic E-state index is 5.85. The van der Waals surface area contributed by atoms with Crippen molar-refractivity contribution in [2.45, 2.75) is 58.6 Å². The molecule has 19 heavy (non-hydrogen) atoms. The molecule has 1 aromatic rings. The zero-order chi connectivity index (χ0) is 14.3. The Kier molecular flexibility index (Phi) is 3.65. The normalized spacial score (nSPS) is 18.2. The van der Waals surface area contributed by atoms with Crippen molar-refractivity contribution in [3.63, 3.8) is 0 Å². The lowest BCUT2D eigenvalue weighted by Crippen LogP contribution is -2.54. The summed E-state index contributed by atoms with van der Waals surface area (Å²) in [5.74, 6) is 1.64. The molecule has 0 N–H and O–H groups in total. The van der Waals surface area contributed by atoms with Crippen LogP contribution in [0.5, 0.6) is 5.75 Å². The van der Waals surface area contributed by atoms with Crippen LogP contribution in [-0.2, 0) is 0 Å². The Bertz CT molecular complexity index is 416. The summed E-state index contributed by atoms with van der Waals surface area (Å²) < 4.78 is 5.85. The van der Waals surface area contributed by atoms with Gasteiger partial charge in [0, 0.05) is 24.5 Å². The van der Waals surface area contributed by atoms with Gasteiger partial charge in [-0.3, -0.25) is 4.90 Å². The molecule has 0 aromatic heterocycles. The van der Waals surface area contributed by atoms with Crippen LogP contribution in [-0.4, -0.2) is 29.1 Å². The van der Waals surface area contributed by atoms with E-state index in [0.29, 0.717) is 11.5 Å². The van der Waals surface area contributed by atoms with Crippen LogP contribution in [0.25, 0.3) is 0 Å². The van der Waals surface area contributed by atoms with Gasteiger partial charge in [0.15, 0.2) is 0 Å². The van der Waals surface area contributed by atoms with Crippen molar-refractivity contribution in [2.24, 2.45) is 0 Å². The Balaban J connectivity index is 1.94. The van der Waals surface area contributed by atoms with Crippen molar-refractivity contribution < 1.29 is 4.74 Å². The molecule has 2 nitrogen and oxygen atoms in total. The minimum Gasteiger partial charge on any atom is -0.488 e. The molecule has 1 aliphatic heterocycles. The maximum atomic E-state index is 5.85. The van der Waals surface area contributed by atoms with E-state index in [0.717, 1.165) is 5.75 Å². The fourth-order valence-corrected chi connectivity index (χ4v) is 2.40. The third kappa shape index (κ3) is 3.73. The standard InChI is InChI=1S/C17H27NO/c1-16(2,3)18-11-14(12-18)13-7-9-15(10-8-13)19-17(4,5)6/h7-10,14H,11-12H2,1-6H3. The summed E-state index contributed by atoms with van der Waals surface area (Å²) in [6, 6.07) is 8.62. The molecular formula is C17H27NO. The van der Waals surface area contributed by atoms with E-state index in [4.69, 9.17) is 4.74 Å². The number of likely N-dealkylation sites (tertiary alicyclic amines) is 1. The van der Waals surface area contributed by atoms with Gasteiger partial charge in [-0.25, -0.2) is 0 Å². The average molecular weight is 261 g/mol. The first kappa shape index (κ1) is 14.4. The molecule has 2 heteroatoms. The topological polar surface area (TPSA) is 12.5 Å². The SMILES string of the molecule is CC(C)(C)Oc1ccc(C2CN(C(C)(C)C)C2)cc1. The van der Waals surface area contributed by atoms with Crippen molar-refractivity contribution in [3.8, 4) is 5.75 Å². The molecule has 1 fully saturated rings. The lowest BCUT2D eigenvalue weighted by atomic mass is 9.87. The molecule has 0 amide bonds. The van der Waals surface area contributed by atoms with Gasteiger partial charge >= 0.3 is 0 Å². The second-order valence-corrected chi connectivity index (χ2v) is 7.56. The lowest BCUT2D eigenvalue weighted by Gasteiger charge is -2.48. The van der Waals surface area contributed by atoms with Gasteiger partial charge in [-0.2, -0.15) is 0 Å². The molecule has 0 aliphatic carbocycles. The van der Waals surface area contributed by atoms with E-state index in [2.05, 4.69) is 70.7 Å². The summed E-state index contributed by atoms with van der Waals surface area (Å²) in [4.78, 5) is 2.53. The largest absolute Gasteiger partial charge is 0.488 e. The van der Waals surface area contributed by atoms with E-state index in [1.165, 1.54) is 18.7 Å². The third-order valence-corrected chi connectivity index (χ3v) is 3.61. The Morgan fingerprint density at radius 2 is 1.47 bits per heavy atom. The van der Waals surface area contributed by atoms with Gasteiger partial charge in [-0.05, 0) is 59.2 Å². The van der Waals surface area contributed by atoms with Crippen LogP contribution in [0.15, 0.2) is 24.3 Å². The molecule has 1 aromatic carbocycles. The molecule has 2 rings (SSSR count). The van der Waals surface area contributed by atoms with E-state index >= 15 is 0 Å². The van der Waals surface area contributed by atoms with Crippen molar-refractivity contribution in [2.75, 3.05) is 13.1 Å². The molecule has 1 saturated heterocycles. The van der Waals surface area contributed by atoms with Gasteiger partial charge in [0.05, 0.1) is 0 Å². The summed E-state index contributed by atoms with van der Waals surface area (Å²) in [7, 11) is 0. The predicted octanol–water partition coefficient (Wildman–Crippen LogP) is 4.06. The van der Waals surface area contributed by atoms with Gasteiger partial charge in [0.25, 0.3) is 0 Å². The highest BCUT2D eigenvalue weighted by Crippen LogP contribution is 2.33. The van der Waals surface area contributed by atoms with E-state index in [9.17, 15) is 0 Å². The van der Waals surface area contributed by atoms with Gasteiger partial charge in [0.2, 0.25) is 0 Å². The molecule has 1 aliphatic rings. The predicted molar refractivity (Wildman–Crippen MR) is 80.9 cm³/mol. The number of nitrogens with zero attached hydrogens (tertiary/aromatic N) is 1. The molecule has 0 bridgehead atoms. The fraction of sp³-hybridized carbons (Fsp3) is 0.647. The van der Waals surface area contributed by atoms with Crippen molar-refractivity contribution in [1.82, 2.24) is 4.90 Å². The zero-order valence-corrected chi connectivity index (χ0v) is 13.2. The quantitative estimate of drug-likeness (QED) is 0.796. The monoisotopic (exact) mass is 261 g/mol. The first-order valence-electron chi connectivity index (χ1n) is 7.19. The Morgan fingerprint density at radius 1 is 0.947 bits per heavy atom. The van der Waals surface area contributed by atoms with Crippen LogP contribution in [0.3, 0.4) is 0 Å². The van der Waals surface area contributed by atoms with Crippen LogP contribution < -0.4 is 4.74 Å². The number of hydrogen-bond acceptors (Lipinski definition) is 2. The highest BCUT2D eigenvalue weighted by molar-refractivity contribution is 5.31. The summed E-state index contributed by atoms with van der Waals surface area (Å²) in [5.41, 5.74) is 1.61. The summed E-state index contributed by atoms with van der Waals surface area (Å²) >= 11 is 0. The van der Waals surface area contributed by atoms with Crippen molar-refractivity contribution >= 4 is 0 Å². The summed E-state index contributed by atoms with van der Waals surface area (Å²) in [6.45, 7) is 15.4. The molecule has 106 valence electrons. The molecule has 0 atom stereocenters. The van der Waals surface area contributed by atoms with Gasteiger partial charge in [0.1, 0.15) is 11.4 Å². The Hall–Kier alpha value is -1.02. The van der Waals surface area contributed by atoms with Crippen LogP contribution in [0.2, 0.25) is 0 Å². The molecule has 0 unspecified atom stereocenters. The van der Waals surface area contributed by atoms with Crippen molar-refractivity contribution in [3.05, 3.63) is 29.8 Å². The van der Waals surface area contributed by atoms with E-state index in [-0.39, 0.29) is 5.60 Å². The van der Waals surface area contributed by atoms with Gasteiger partial charge < -0.3 is 4.74 Å². The van der Waals surface area contributed by atoms with E-state index in [1.54, 1.807) is 0 Å². The van der Waals surface area contributed by atoms with Crippen LogP contribution in [0.1, 0.15) is 53.0 Å². The third-order valence-electron chi connectivity index (χ3n) is 3.61. The zero-order valence-electron chi connectivity index (χ0n) is 13.2. The van der Waals surface area contributed by atoms with Crippen LogP contribution in [0.4, 0.5) is 0 Å². The van der Waals surface area contributed by atoms with E-state index in [1.807, 2.05) is 0 Å². The van der Waals surface area contributed by atoms with E-state index < -0.39 is 0 Å². The molecule has 0 spiro atoms. The van der Waals surface area contributed by atoms with Gasteiger partial charge in [-0.15, -0.1) is 0 Å². The minimum atomic E-state index is -0.124. The first-order chi connectivity index (χ1) is 8.65. The summed E-state index contributed by atoms with van der Waals surface area (Å²) in [6.07, 6.45) is 0. The lowest BCUT2D eigenvalue weighted by molar-refractivity contribution is 0.0470. The second-order valence-electron chi connectivity index (χ2n) is 7.56. The first-order valence-corrected chi connectivity index (χ1v) is 7.19. The fourth-order valence-electron chi connectivity index (χ4n) is 2.40. The number of benzene rings is 1.